The molecule has 2 aromatic carbocycles. The smallest absolute Gasteiger partial charge is 0.395 e. The number of benzene rings is 2. The van der Waals surface area contributed by atoms with Crippen molar-refractivity contribution in [3.8, 4) is 0 Å². The molecule has 3 rings (SSSR count). The molecular weight excluding hydrogens is 345 g/mol. The van der Waals surface area contributed by atoms with Crippen molar-refractivity contribution in [2.24, 2.45) is 0 Å². The molecule has 2 N–H and O–H groups in total. The maximum atomic E-state index is 14.3. The molecule has 2 aromatic rings. The molecule has 1 atom stereocenters. The number of carbonyl (C=O) groups is 1. The van der Waals surface area contributed by atoms with Crippen LogP contribution in [0.4, 0.5) is 18.9 Å². The molecule has 0 saturated heterocycles. The van der Waals surface area contributed by atoms with Crippen molar-refractivity contribution in [3.63, 3.8) is 0 Å². The van der Waals surface area contributed by atoms with E-state index in [2.05, 4.69) is 5.32 Å². The van der Waals surface area contributed by atoms with Gasteiger partial charge in [0.25, 0.3) is 5.91 Å². The second-order valence-electron chi connectivity index (χ2n) is 6.32. The maximum Gasteiger partial charge on any atom is 0.430 e. The predicted molar refractivity (Wildman–Crippen MR) is 91.9 cm³/mol. The monoisotopic (exact) mass is 364 g/mol. The summed E-state index contributed by atoms with van der Waals surface area (Å²) in [6, 6.07) is 12.8. The summed E-state index contributed by atoms with van der Waals surface area (Å²) in [6.45, 7) is 0.701. The maximum absolute atomic E-state index is 14.3. The summed E-state index contributed by atoms with van der Waals surface area (Å²) in [4.78, 5) is 13.7. The number of amides is 1. The molecule has 0 aromatic heterocycles. The quantitative estimate of drug-likeness (QED) is 0.875. The summed E-state index contributed by atoms with van der Waals surface area (Å²) < 4.78 is 42.9. The van der Waals surface area contributed by atoms with Gasteiger partial charge in [-0.3, -0.25) is 4.79 Å². The van der Waals surface area contributed by atoms with Crippen molar-refractivity contribution >= 4 is 11.6 Å². The number of nitrogens with zero attached hydrogens (tertiary/aromatic N) is 1. The fourth-order valence-electron chi connectivity index (χ4n) is 3.45. The SMILES string of the molecule is Cc1cccc2c1C(=O)N(CCO)C(Nc1ccccc1)(C(F)(F)F)C2. The van der Waals surface area contributed by atoms with Crippen molar-refractivity contribution in [1.29, 1.82) is 0 Å². The Balaban J connectivity index is 2.19. The molecule has 26 heavy (non-hydrogen) atoms. The molecule has 138 valence electrons. The highest BCUT2D eigenvalue weighted by molar-refractivity contribution is 5.99. The Morgan fingerprint density at radius 3 is 2.46 bits per heavy atom. The second kappa shape index (κ2) is 6.64. The number of β-amino-alcohol motifs (C(OH)–C–C–N with tert-alkyl or cyclic N) is 1. The van der Waals surface area contributed by atoms with Crippen molar-refractivity contribution in [2.45, 2.75) is 25.2 Å². The number of anilines is 1. The molecule has 1 aliphatic rings. The molecule has 0 fully saturated rings. The van der Waals surface area contributed by atoms with Gasteiger partial charge in [0.15, 0.2) is 0 Å². The van der Waals surface area contributed by atoms with Crippen molar-refractivity contribution < 1.29 is 23.1 Å². The van der Waals surface area contributed by atoms with E-state index in [-0.39, 0.29) is 11.3 Å². The topological polar surface area (TPSA) is 52.6 Å². The molecule has 0 radical (unpaired) electrons. The predicted octanol–water partition coefficient (Wildman–Crippen LogP) is 3.36. The molecule has 4 nitrogen and oxygen atoms in total. The first-order chi connectivity index (χ1) is 12.3. The van der Waals surface area contributed by atoms with Crippen LogP contribution >= 0.6 is 0 Å². The first-order valence-electron chi connectivity index (χ1n) is 8.21. The van der Waals surface area contributed by atoms with Gasteiger partial charge in [0.1, 0.15) is 0 Å². The van der Waals surface area contributed by atoms with E-state index in [1.807, 2.05) is 0 Å². The van der Waals surface area contributed by atoms with E-state index in [9.17, 15) is 23.1 Å². The average Bonchev–Trinajstić information content (AvgIpc) is 2.58. The lowest BCUT2D eigenvalue weighted by Gasteiger charge is -2.49. The summed E-state index contributed by atoms with van der Waals surface area (Å²) in [5.41, 5.74) is -1.15. The number of aryl methyl sites for hydroxylation is 1. The first kappa shape index (κ1) is 18.3. The fourth-order valence-corrected chi connectivity index (χ4v) is 3.45. The summed E-state index contributed by atoms with van der Waals surface area (Å²) in [7, 11) is 0. The third kappa shape index (κ3) is 2.92. The molecule has 0 saturated carbocycles. The van der Waals surface area contributed by atoms with E-state index in [4.69, 9.17) is 0 Å². The van der Waals surface area contributed by atoms with Gasteiger partial charge in [0, 0.05) is 24.2 Å². The summed E-state index contributed by atoms with van der Waals surface area (Å²) >= 11 is 0. The van der Waals surface area contributed by atoms with Gasteiger partial charge in [0.05, 0.1) is 6.61 Å². The molecule has 1 unspecified atom stereocenters. The number of alkyl halides is 3. The minimum absolute atomic E-state index is 0.247. The minimum atomic E-state index is -4.75. The first-order valence-corrected chi connectivity index (χ1v) is 8.21. The van der Waals surface area contributed by atoms with Gasteiger partial charge in [-0.25, -0.2) is 0 Å². The highest BCUT2D eigenvalue weighted by Crippen LogP contribution is 2.43. The van der Waals surface area contributed by atoms with Crippen LogP contribution in [0.25, 0.3) is 0 Å². The number of aliphatic hydroxyl groups is 1. The van der Waals surface area contributed by atoms with E-state index in [0.29, 0.717) is 16.0 Å². The highest BCUT2D eigenvalue weighted by Gasteiger charge is 2.62. The number of hydrogen-bond acceptors (Lipinski definition) is 3. The lowest BCUT2D eigenvalue weighted by atomic mass is 9.85. The number of fused-ring (bicyclic) bond motifs is 1. The van der Waals surface area contributed by atoms with Gasteiger partial charge in [-0.05, 0) is 30.2 Å². The van der Waals surface area contributed by atoms with Crippen LogP contribution in [-0.2, 0) is 6.42 Å². The van der Waals surface area contributed by atoms with Gasteiger partial charge in [-0.1, -0.05) is 36.4 Å². The zero-order valence-electron chi connectivity index (χ0n) is 14.2. The molecule has 1 amide bonds. The lowest BCUT2D eigenvalue weighted by molar-refractivity contribution is -0.216. The highest BCUT2D eigenvalue weighted by atomic mass is 19.4. The van der Waals surface area contributed by atoms with Gasteiger partial charge in [-0.2, -0.15) is 13.2 Å². The van der Waals surface area contributed by atoms with Gasteiger partial charge < -0.3 is 15.3 Å². The Morgan fingerprint density at radius 1 is 1.15 bits per heavy atom. The standard InChI is InChI=1S/C19H19F3N2O2/c1-13-6-5-7-14-12-18(19(20,21)22,23-15-8-3-2-4-9-15)24(10-11-25)17(26)16(13)14/h2-9,23,25H,10-12H2,1H3. The summed E-state index contributed by atoms with van der Waals surface area (Å²) in [5.74, 6) is -0.737. The Morgan fingerprint density at radius 2 is 1.85 bits per heavy atom. The van der Waals surface area contributed by atoms with Crippen LogP contribution in [0.1, 0.15) is 21.5 Å². The number of rotatable bonds is 4. The van der Waals surface area contributed by atoms with Crippen LogP contribution < -0.4 is 5.32 Å². The van der Waals surface area contributed by atoms with Crippen molar-refractivity contribution in [1.82, 2.24) is 4.90 Å². The minimum Gasteiger partial charge on any atom is -0.395 e. The molecule has 1 heterocycles. The number of para-hydroxylation sites is 1. The third-order valence-corrected chi connectivity index (χ3v) is 4.64. The van der Waals surface area contributed by atoms with Crippen molar-refractivity contribution in [2.75, 3.05) is 18.5 Å². The Bertz CT molecular complexity index is 808. The Kier molecular flexibility index (Phi) is 4.66. The second-order valence-corrected chi connectivity index (χ2v) is 6.32. The van der Waals surface area contributed by atoms with Crippen LogP contribution in [0.5, 0.6) is 0 Å². The molecule has 1 aliphatic heterocycles. The van der Waals surface area contributed by atoms with E-state index in [1.54, 1.807) is 43.3 Å². The molecule has 0 spiro atoms. The van der Waals surface area contributed by atoms with Gasteiger partial charge >= 0.3 is 6.18 Å². The largest absolute Gasteiger partial charge is 0.430 e. The van der Waals surface area contributed by atoms with Gasteiger partial charge in [0.2, 0.25) is 5.66 Å². The van der Waals surface area contributed by atoms with Crippen molar-refractivity contribution in [3.05, 3.63) is 65.2 Å². The third-order valence-electron chi connectivity index (χ3n) is 4.64. The molecule has 7 heteroatoms. The van der Waals surface area contributed by atoms with Crippen LogP contribution in [-0.4, -0.2) is 40.9 Å². The zero-order chi connectivity index (χ0) is 18.9. The number of halogens is 3. The summed E-state index contributed by atoms with van der Waals surface area (Å²) in [5, 5.41) is 11.9. The summed E-state index contributed by atoms with van der Waals surface area (Å²) in [6.07, 6.45) is -5.19. The molecule has 0 aliphatic carbocycles. The number of nitrogens with one attached hydrogen (secondary N) is 1. The fraction of sp³-hybridized carbons (Fsp3) is 0.316. The van der Waals surface area contributed by atoms with Crippen LogP contribution in [0, 0.1) is 6.92 Å². The Hall–Kier alpha value is -2.54. The number of aliphatic hydroxyl groups excluding tert-OH is 1. The van der Waals surface area contributed by atoms with Crippen LogP contribution in [0.3, 0.4) is 0 Å². The normalized spacial score (nSPS) is 20.0. The number of carbonyl (C=O) groups excluding carboxylic acids is 1. The molecule has 0 bridgehead atoms. The van der Waals surface area contributed by atoms with E-state index in [1.165, 1.54) is 12.1 Å². The lowest BCUT2D eigenvalue weighted by Crippen LogP contribution is -2.69. The average molecular weight is 364 g/mol. The van der Waals surface area contributed by atoms with E-state index >= 15 is 0 Å². The van der Waals surface area contributed by atoms with Crippen LogP contribution in [0.15, 0.2) is 48.5 Å². The molecular formula is C19H19F3N2O2. The Labute approximate surface area is 149 Å². The van der Waals surface area contributed by atoms with Crippen LogP contribution in [0.2, 0.25) is 0 Å². The van der Waals surface area contributed by atoms with E-state index < -0.39 is 37.3 Å². The van der Waals surface area contributed by atoms with E-state index in [0.717, 1.165) is 0 Å². The zero-order valence-corrected chi connectivity index (χ0v) is 14.2. The van der Waals surface area contributed by atoms with Gasteiger partial charge in [-0.15, -0.1) is 0 Å². The number of hydrogen-bond donors (Lipinski definition) is 2.